The number of nitrogens with zero attached hydrogens (tertiary/aromatic N) is 1. The van der Waals surface area contributed by atoms with Gasteiger partial charge in [0.2, 0.25) is 0 Å². The second kappa shape index (κ2) is 6.27. The number of benzene rings is 1. The normalized spacial score (nSPS) is 24.4. The summed E-state index contributed by atoms with van der Waals surface area (Å²) in [6.45, 7) is 4.34. The Labute approximate surface area is 122 Å². The predicted molar refractivity (Wildman–Crippen MR) is 79.4 cm³/mol. The standard InChI is InChI=1S/C14H19BrClNO/c1-10-5-6-17(14(10)8-16)9-11-7-12(18-2)3-4-13(11)15/h3-4,7,10,14H,5-6,8-9H2,1-2H3. The summed E-state index contributed by atoms with van der Waals surface area (Å²) in [5, 5.41) is 0. The van der Waals surface area contributed by atoms with Crippen LogP contribution in [0, 0.1) is 5.92 Å². The molecular formula is C14H19BrClNO. The van der Waals surface area contributed by atoms with E-state index in [1.165, 1.54) is 12.0 Å². The van der Waals surface area contributed by atoms with Crippen molar-refractivity contribution in [3.8, 4) is 5.75 Å². The van der Waals surface area contributed by atoms with Crippen molar-refractivity contribution in [1.29, 1.82) is 0 Å². The molecule has 0 amide bonds. The van der Waals surface area contributed by atoms with Crippen LogP contribution in [0.1, 0.15) is 18.9 Å². The van der Waals surface area contributed by atoms with E-state index >= 15 is 0 Å². The molecular weight excluding hydrogens is 314 g/mol. The van der Waals surface area contributed by atoms with Crippen LogP contribution in [0.5, 0.6) is 5.75 Å². The molecule has 2 rings (SSSR count). The van der Waals surface area contributed by atoms with E-state index in [1.54, 1.807) is 7.11 Å². The van der Waals surface area contributed by atoms with Gasteiger partial charge >= 0.3 is 0 Å². The van der Waals surface area contributed by atoms with Gasteiger partial charge in [-0.3, -0.25) is 4.90 Å². The molecule has 2 nitrogen and oxygen atoms in total. The van der Waals surface area contributed by atoms with E-state index in [0.717, 1.165) is 23.3 Å². The number of halogens is 2. The molecule has 0 spiro atoms. The summed E-state index contributed by atoms with van der Waals surface area (Å²) in [6.07, 6.45) is 1.24. The van der Waals surface area contributed by atoms with E-state index < -0.39 is 0 Å². The van der Waals surface area contributed by atoms with Gasteiger partial charge in [-0.15, -0.1) is 11.6 Å². The van der Waals surface area contributed by atoms with Crippen LogP contribution < -0.4 is 4.74 Å². The summed E-state index contributed by atoms with van der Waals surface area (Å²) in [6, 6.07) is 6.60. The third-order valence-electron chi connectivity index (χ3n) is 3.78. The summed E-state index contributed by atoms with van der Waals surface area (Å²) in [5.74, 6) is 2.30. The Balaban J connectivity index is 2.13. The van der Waals surface area contributed by atoms with Gasteiger partial charge in [0.25, 0.3) is 0 Å². The van der Waals surface area contributed by atoms with Crippen LogP contribution in [0.25, 0.3) is 0 Å². The topological polar surface area (TPSA) is 12.5 Å². The highest BCUT2D eigenvalue weighted by atomic mass is 79.9. The van der Waals surface area contributed by atoms with Crippen molar-refractivity contribution < 1.29 is 4.74 Å². The Morgan fingerprint density at radius 3 is 2.94 bits per heavy atom. The quantitative estimate of drug-likeness (QED) is 0.775. The lowest BCUT2D eigenvalue weighted by atomic mass is 10.0. The zero-order valence-corrected chi connectivity index (χ0v) is 13.2. The second-order valence-electron chi connectivity index (χ2n) is 4.92. The molecule has 1 heterocycles. The molecule has 0 radical (unpaired) electrons. The van der Waals surface area contributed by atoms with Gasteiger partial charge in [-0.2, -0.15) is 0 Å². The summed E-state index contributed by atoms with van der Waals surface area (Å²) >= 11 is 9.69. The smallest absolute Gasteiger partial charge is 0.119 e. The number of likely N-dealkylation sites (tertiary alicyclic amines) is 1. The molecule has 0 saturated carbocycles. The van der Waals surface area contributed by atoms with E-state index in [9.17, 15) is 0 Å². The largest absolute Gasteiger partial charge is 0.497 e. The van der Waals surface area contributed by atoms with Crippen LogP contribution in [0.3, 0.4) is 0 Å². The number of alkyl halides is 1. The Kier molecular flexibility index (Phi) is 4.93. The van der Waals surface area contributed by atoms with Crippen LogP contribution in [0.15, 0.2) is 22.7 Å². The Morgan fingerprint density at radius 1 is 1.50 bits per heavy atom. The van der Waals surface area contributed by atoms with Gasteiger partial charge < -0.3 is 4.74 Å². The summed E-state index contributed by atoms with van der Waals surface area (Å²) < 4.78 is 6.42. The molecule has 1 fully saturated rings. The van der Waals surface area contributed by atoms with Crippen molar-refractivity contribution in [1.82, 2.24) is 4.90 Å². The minimum atomic E-state index is 0.491. The molecule has 2 unspecified atom stereocenters. The fourth-order valence-electron chi connectivity index (χ4n) is 2.55. The minimum Gasteiger partial charge on any atom is -0.497 e. The monoisotopic (exact) mass is 331 g/mol. The van der Waals surface area contributed by atoms with Gasteiger partial charge in [-0.1, -0.05) is 22.9 Å². The number of hydrogen-bond donors (Lipinski definition) is 0. The van der Waals surface area contributed by atoms with Gasteiger partial charge in [0.05, 0.1) is 7.11 Å². The molecule has 0 aromatic heterocycles. The molecule has 0 bridgehead atoms. The first-order valence-corrected chi connectivity index (χ1v) is 7.61. The van der Waals surface area contributed by atoms with Crippen molar-refractivity contribution in [2.45, 2.75) is 25.9 Å². The van der Waals surface area contributed by atoms with E-state index in [2.05, 4.69) is 33.8 Å². The van der Waals surface area contributed by atoms with Gasteiger partial charge in [0, 0.05) is 22.9 Å². The van der Waals surface area contributed by atoms with Crippen LogP contribution in [0.2, 0.25) is 0 Å². The number of methoxy groups -OCH3 is 1. The van der Waals surface area contributed by atoms with Gasteiger partial charge in [-0.05, 0) is 42.6 Å². The molecule has 0 aliphatic carbocycles. The highest BCUT2D eigenvalue weighted by Gasteiger charge is 2.30. The molecule has 18 heavy (non-hydrogen) atoms. The third-order valence-corrected chi connectivity index (χ3v) is 4.87. The predicted octanol–water partition coefficient (Wildman–Crippen LogP) is 3.91. The number of rotatable bonds is 4. The van der Waals surface area contributed by atoms with E-state index in [-0.39, 0.29) is 0 Å². The number of ether oxygens (including phenoxy) is 1. The summed E-state index contributed by atoms with van der Waals surface area (Å²) in [5.41, 5.74) is 1.26. The minimum absolute atomic E-state index is 0.491. The van der Waals surface area contributed by atoms with Crippen LogP contribution in [-0.2, 0) is 6.54 Å². The average Bonchev–Trinajstić information content (AvgIpc) is 2.72. The van der Waals surface area contributed by atoms with Crippen molar-refractivity contribution in [3.63, 3.8) is 0 Å². The van der Waals surface area contributed by atoms with E-state index in [4.69, 9.17) is 16.3 Å². The second-order valence-corrected chi connectivity index (χ2v) is 6.08. The van der Waals surface area contributed by atoms with E-state index in [1.807, 2.05) is 12.1 Å². The maximum atomic E-state index is 6.08. The molecule has 1 aromatic rings. The molecule has 0 N–H and O–H groups in total. The number of hydrogen-bond acceptors (Lipinski definition) is 2. The van der Waals surface area contributed by atoms with E-state index in [0.29, 0.717) is 17.8 Å². The Bertz CT molecular complexity index is 413. The lowest BCUT2D eigenvalue weighted by molar-refractivity contribution is 0.241. The summed E-state index contributed by atoms with van der Waals surface area (Å²) in [7, 11) is 1.70. The van der Waals surface area contributed by atoms with Crippen LogP contribution >= 0.6 is 27.5 Å². The Hall–Kier alpha value is -0.250. The average molecular weight is 333 g/mol. The SMILES string of the molecule is COc1ccc(Br)c(CN2CCC(C)C2CCl)c1. The maximum absolute atomic E-state index is 6.08. The fourth-order valence-corrected chi connectivity index (χ4v) is 3.42. The zero-order chi connectivity index (χ0) is 13.1. The van der Waals surface area contributed by atoms with Crippen LogP contribution in [-0.4, -0.2) is 30.5 Å². The maximum Gasteiger partial charge on any atom is 0.119 e. The first-order valence-electron chi connectivity index (χ1n) is 6.28. The van der Waals surface area contributed by atoms with Crippen molar-refractivity contribution in [2.75, 3.05) is 19.5 Å². The summed E-state index contributed by atoms with van der Waals surface area (Å²) in [4.78, 5) is 2.47. The highest BCUT2D eigenvalue weighted by Crippen LogP contribution is 2.30. The molecule has 100 valence electrons. The fraction of sp³-hybridized carbons (Fsp3) is 0.571. The van der Waals surface area contributed by atoms with Crippen molar-refractivity contribution >= 4 is 27.5 Å². The van der Waals surface area contributed by atoms with Crippen molar-refractivity contribution in [3.05, 3.63) is 28.2 Å². The lowest BCUT2D eigenvalue weighted by Gasteiger charge is -2.25. The van der Waals surface area contributed by atoms with Gasteiger partial charge in [-0.25, -0.2) is 0 Å². The molecule has 1 aliphatic heterocycles. The zero-order valence-electron chi connectivity index (χ0n) is 10.8. The van der Waals surface area contributed by atoms with Crippen LogP contribution in [0.4, 0.5) is 0 Å². The van der Waals surface area contributed by atoms with Gasteiger partial charge in [0.1, 0.15) is 5.75 Å². The molecule has 1 aromatic carbocycles. The third kappa shape index (κ3) is 3.01. The Morgan fingerprint density at radius 2 is 2.28 bits per heavy atom. The molecule has 2 atom stereocenters. The first-order chi connectivity index (χ1) is 8.65. The first kappa shape index (κ1) is 14.2. The van der Waals surface area contributed by atoms with Gasteiger partial charge in [0.15, 0.2) is 0 Å². The molecule has 4 heteroatoms. The highest BCUT2D eigenvalue weighted by molar-refractivity contribution is 9.10. The molecule has 1 aliphatic rings. The lowest BCUT2D eigenvalue weighted by Crippen LogP contribution is -2.33. The molecule has 1 saturated heterocycles. The van der Waals surface area contributed by atoms with Crippen molar-refractivity contribution in [2.24, 2.45) is 5.92 Å².